The third-order valence-corrected chi connectivity index (χ3v) is 5.01. The van der Waals surface area contributed by atoms with E-state index in [-0.39, 0.29) is 28.5 Å². The van der Waals surface area contributed by atoms with Gasteiger partial charge in [-0.15, -0.1) is 0 Å². The number of aryl methyl sites for hydroxylation is 1. The van der Waals surface area contributed by atoms with Gasteiger partial charge in [0.2, 0.25) is 0 Å². The first-order valence-corrected chi connectivity index (χ1v) is 8.79. The number of hydrogen-bond donors (Lipinski definition) is 0. The van der Waals surface area contributed by atoms with E-state index < -0.39 is 6.43 Å². The molecule has 3 aromatic rings. The molecule has 6 nitrogen and oxygen atoms in total. The molecule has 4 heterocycles. The van der Waals surface area contributed by atoms with E-state index in [0.717, 1.165) is 0 Å². The first-order chi connectivity index (χ1) is 13.0. The number of likely N-dealkylation sites (tertiary alicyclic amines) is 1. The van der Waals surface area contributed by atoms with Crippen LogP contribution in [0.15, 0.2) is 35.1 Å². The number of carbonyl (C=O) groups is 1. The van der Waals surface area contributed by atoms with Gasteiger partial charge >= 0.3 is 0 Å². The summed E-state index contributed by atoms with van der Waals surface area (Å²) in [4.78, 5) is 22.7. The van der Waals surface area contributed by atoms with E-state index in [1.54, 1.807) is 36.4 Å². The molecule has 27 heavy (non-hydrogen) atoms. The molecule has 0 atom stereocenters. The van der Waals surface area contributed by atoms with Gasteiger partial charge in [-0.1, -0.05) is 5.16 Å². The topological polar surface area (TPSA) is 72.1 Å². The highest BCUT2D eigenvalue weighted by Gasteiger charge is 2.28. The van der Waals surface area contributed by atoms with Crippen molar-refractivity contribution in [3.63, 3.8) is 0 Å². The van der Waals surface area contributed by atoms with Gasteiger partial charge in [-0.3, -0.25) is 9.78 Å². The first-order valence-electron chi connectivity index (χ1n) is 8.79. The molecule has 0 aromatic carbocycles. The molecular weight excluding hydrogens is 354 g/mol. The Hall–Kier alpha value is -2.90. The van der Waals surface area contributed by atoms with E-state index in [9.17, 15) is 13.6 Å². The SMILES string of the molecule is Cc1noc2nc(C3CCN(C(=O)c4cccnc4)CC3)cc(C(F)F)c12. The molecule has 0 radical (unpaired) electrons. The molecule has 0 bridgehead atoms. The Kier molecular flexibility index (Phi) is 4.55. The Labute approximate surface area is 154 Å². The van der Waals surface area contributed by atoms with Crippen LogP contribution in [0.2, 0.25) is 0 Å². The van der Waals surface area contributed by atoms with Gasteiger partial charge in [-0.2, -0.15) is 0 Å². The quantitative estimate of drug-likeness (QED) is 0.698. The molecule has 1 amide bonds. The van der Waals surface area contributed by atoms with Crippen LogP contribution in [0.1, 0.15) is 52.5 Å². The Bertz CT molecular complexity index is 967. The molecule has 1 saturated heterocycles. The normalized spacial score (nSPS) is 15.6. The van der Waals surface area contributed by atoms with Crippen molar-refractivity contribution >= 4 is 17.0 Å². The number of piperidine rings is 1. The molecule has 0 unspecified atom stereocenters. The number of alkyl halides is 2. The van der Waals surface area contributed by atoms with Gasteiger partial charge in [-0.05, 0) is 38.0 Å². The zero-order valence-electron chi connectivity index (χ0n) is 14.7. The van der Waals surface area contributed by atoms with E-state index in [0.29, 0.717) is 42.9 Å². The van der Waals surface area contributed by atoms with Crippen molar-refractivity contribution in [2.75, 3.05) is 13.1 Å². The standard InChI is InChI=1S/C19H18F2N4O2/c1-11-16-14(17(20)21)9-15(23-18(16)27-24-11)12-4-7-25(8-5-12)19(26)13-3-2-6-22-10-13/h2-3,6,9-10,12,17H,4-5,7-8H2,1H3. The number of halogens is 2. The summed E-state index contributed by atoms with van der Waals surface area (Å²) in [6.45, 7) is 2.71. The summed E-state index contributed by atoms with van der Waals surface area (Å²) < 4.78 is 32.1. The van der Waals surface area contributed by atoms with Crippen molar-refractivity contribution in [3.8, 4) is 0 Å². The molecule has 0 aliphatic carbocycles. The van der Waals surface area contributed by atoms with Gasteiger partial charge in [0, 0.05) is 42.7 Å². The van der Waals surface area contributed by atoms with Gasteiger partial charge in [0.15, 0.2) is 0 Å². The smallest absolute Gasteiger partial charge is 0.264 e. The minimum Gasteiger partial charge on any atom is -0.339 e. The van der Waals surface area contributed by atoms with Crippen LogP contribution in [0.5, 0.6) is 0 Å². The number of carbonyl (C=O) groups excluding carboxylic acids is 1. The van der Waals surface area contributed by atoms with E-state index in [1.807, 2.05) is 0 Å². The van der Waals surface area contributed by atoms with E-state index in [4.69, 9.17) is 4.52 Å². The van der Waals surface area contributed by atoms with Crippen LogP contribution in [0.4, 0.5) is 8.78 Å². The van der Waals surface area contributed by atoms with Gasteiger partial charge in [0.1, 0.15) is 0 Å². The average Bonchev–Trinajstić information content (AvgIpc) is 3.08. The number of rotatable bonds is 3. The predicted molar refractivity (Wildman–Crippen MR) is 93.6 cm³/mol. The van der Waals surface area contributed by atoms with Crippen LogP contribution < -0.4 is 0 Å². The summed E-state index contributed by atoms with van der Waals surface area (Å²) in [6, 6.07) is 4.92. The van der Waals surface area contributed by atoms with Crippen LogP contribution in [0, 0.1) is 6.92 Å². The molecule has 1 aliphatic rings. The van der Waals surface area contributed by atoms with Crippen molar-refractivity contribution < 1.29 is 18.1 Å². The number of nitrogens with zero attached hydrogens (tertiary/aromatic N) is 4. The lowest BCUT2D eigenvalue weighted by molar-refractivity contribution is 0.0711. The molecule has 4 rings (SSSR count). The Morgan fingerprint density at radius 2 is 2.11 bits per heavy atom. The fraction of sp³-hybridized carbons (Fsp3) is 0.368. The largest absolute Gasteiger partial charge is 0.339 e. The molecule has 140 valence electrons. The van der Waals surface area contributed by atoms with E-state index in [2.05, 4.69) is 15.1 Å². The second-order valence-corrected chi connectivity index (χ2v) is 6.69. The monoisotopic (exact) mass is 372 g/mol. The second-order valence-electron chi connectivity index (χ2n) is 6.69. The zero-order valence-corrected chi connectivity index (χ0v) is 14.7. The predicted octanol–water partition coefficient (Wildman–Crippen LogP) is 3.88. The molecule has 8 heteroatoms. The number of aromatic nitrogens is 3. The fourth-order valence-corrected chi connectivity index (χ4v) is 3.58. The third kappa shape index (κ3) is 3.27. The van der Waals surface area contributed by atoms with Crippen molar-refractivity contribution in [2.24, 2.45) is 0 Å². The summed E-state index contributed by atoms with van der Waals surface area (Å²) in [5.74, 6) is -0.0701. The first kappa shape index (κ1) is 17.5. The third-order valence-electron chi connectivity index (χ3n) is 5.01. The maximum atomic E-state index is 13.5. The van der Waals surface area contributed by atoms with Gasteiger partial charge in [0.25, 0.3) is 18.0 Å². The molecular formula is C19H18F2N4O2. The summed E-state index contributed by atoms with van der Waals surface area (Å²) in [6.07, 6.45) is 1.85. The minimum atomic E-state index is -2.63. The maximum absolute atomic E-state index is 13.5. The summed E-state index contributed by atoms with van der Waals surface area (Å²) in [5.41, 5.74) is 1.59. The van der Waals surface area contributed by atoms with Crippen LogP contribution in [-0.2, 0) is 0 Å². The van der Waals surface area contributed by atoms with Crippen LogP contribution in [-0.4, -0.2) is 39.0 Å². The van der Waals surface area contributed by atoms with Crippen molar-refractivity contribution in [3.05, 3.63) is 53.1 Å². The van der Waals surface area contributed by atoms with Crippen LogP contribution >= 0.6 is 0 Å². The lowest BCUT2D eigenvalue weighted by Gasteiger charge is -2.31. The number of pyridine rings is 2. The lowest BCUT2D eigenvalue weighted by Crippen LogP contribution is -2.38. The molecule has 0 N–H and O–H groups in total. The zero-order chi connectivity index (χ0) is 19.0. The molecule has 3 aromatic heterocycles. The highest BCUT2D eigenvalue weighted by Crippen LogP contribution is 2.34. The molecule has 1 aliphatic heterocycles. The average molecular weight is 372 g/mol. The van der Waals surface area contributed by atoms with Gasteiger partial charge < -0.3 is 9.42 Å². The Morgan fingerprint density at radius 3 is 2.78 bits per heavy atom. The Balaban J connectivity index is 1.54. The van der Waals surface area contributed by atoms with Crippen molar-refractivity contribution in [1.82, 2.24) is 20.0 Å². The summed E-state index contributed by atoms with van der Waals surface area (Å²) in [7, 11) is 0. The van der Waals surface area contributed by atoms with Crippen LogP contribution in [0.3, 0.4) is 0 Å². The van der Waals surface area contributed by atoms with Gasteiger partial charge in [-0.25, -0.2) is 13.8 Å². The second kappa shape index (κ2) is 7.02. The number of amides is 1. The minimum absolute atomic E-state index is 0.00439. The Morgan fingerprint density at radius 1 is 1.33 bits per heavy atom. The molecule has 0 saturated carbocycles. The number of fused-ring (bicyclic) bond motifs is 1. The molecule has 0 spiro atoms. The summed E-state index contributed by atoms with van der Waals surface area (Å²) in [5, 5.41) is 4.05. The highest BCUT2D eigenvalue weighted by atomic mass is 19.3. The van der Waals surface area contributed by atoms with Gasteiger partial charge in [0.05, 0.1) is 16.6 Å². The fourth-order valence-electron chi connectivity index (χ4n) is 3.58. The highest BCUT2D eigenvalue weighted by molar-refractivity contribution is 5.93. The lowest BCUT2D eigenvalue weighted by atomic mass is 9.91. The van der Waals surface area contributed by atoms with Crippen LogP contribution in [0.25, 0.3) is 11.1 Å². The van der Waals surface area contributed by atoms with Crippen molar-refractivity contribution in [1.29, 1.82) is 0 Å². The molecule has 1 fully saturated rings. The summed E-state index contributed by atoms with van der Waals surface area (Å²) >= 11 is 0. The van der Waals surface area contributed by atoms with E-state index >= 15 is 0 Å². The number of hydrogen-bond acceptors (Lipinski definition) is 5. The maximum Gasteiger partial charge on any atom is 0.264 e. The van der Waals surface area contributed by atoms with E-state index in [1.165, 1.54) is 6.07 Å². The van der Waals surface area contributed by atoms with Crippen molar-refractivity contribution in [2.45, 2.75) is 32.1 Å².